The Morgan fingerprint density at radius 3 is 2.38 bits per heavy atom. The van der Waals surface area contributed by atoms with Gasteiger partial charge >= 0.3 is 5.97 Å². The average Bonchev–Trinajstić information content (AvgIpc) is 2.58. The predicted molar refractivity (Wildman–Crippen MR) is 93.8 cm³/mol. The normalized spacial score (nSPS) is 15.0. The molecular weight excluding hydrogens is 337 g/mol. The Hall–Kier alpha value is -2.89. The van der Waals surface area contributed by atoms with Crippen molar-refractivity contribution in [3.63, 3.8) is 0 Å². The molecule has 1 aliphatic rings. The molecular formula is C20H20FNO4. The molecule has 5 nitrogen and oxygen atoms in total. The molecule has 1 aliphatic carbocycles. The number of nitrogens with one attached hydrogen (secondary N) is 1. The summed E-state index contributed by atoms with van der Waals surface area (Å²) in [6.45, 7) is 0. The SMILES string of the molecule is COc1ccc(C(NC(=O)c2ccc(C3CCC3)cc2)C(=O)O)cc1F. The quantitative estimate of drug-likeness (QED) is 0.827. The largest absolute Gasteiger partial charge is 0.494 e. The second-order valence-electron chi connectivity index (χ2n) is 6.39. The number of amides is 1. The van der Waals surface area contributed by atoms with E-state index in [1.807, 2.05) is 12.1 Å². The van der Waals surface area contributed by atoms with E-state index in [0.717, 1.165) is 18.9 Å². The maximum Gasteiger partial charge on any atom is 0.330 e. The highest BCUT2D eigenvalue weighted by Crippen LogP contribution is 2.36. The molecule has 3 rings (SSSR count). The third-order valence-corrected chi connectivity index (χ3v) is 4.78. The van der Waals surface area contributed by atoms with Gasteiger partial charge in [-0.05, 0) is 54.2 Å². The Balaban J connectivity index is 1.76. The number of carbonyl (C=O) groups excluding carboxylic acids is 1. The number of halogens is 1. The van der Waals surface area contributed by atoms with E-state index < -0.39 is 23.7 Å². The molecule has 2 aromatic rings. The lowest BCUT2D eigenvalue weighted by Crippen LogP contribution is -2.33. The van der Waals surface area contributed by atoms with Gasteiger partial charge in [0.05, 0.1) is 7.11 Å². The topological polar surface area (TPSA) is 75.6 Å². The van der Waals surface area contributed by atoms with Gasteiger partial charge < -0.3 is 15.2 Å². The number of ether oxygens (including phenoxy) is 1. The highest BCUT2D eigenvalue weighted by molar-refractivity contribution is 5.96. The number of methoxy groups -OCH3 is 1. The minimum absolute atomic E-state index is 0.01000. The van der Waals surface area contributed by atoms with Crippen molar-refractivity contribution in [1.29, 1.82) is 0 Å². The Bertz CT molecular complexity index is 815. The Labute approximate surface area is 150 Å². The third kappa shape index (κ3) is 3.69. The van der Waals surface area contributed by atoms with Crippen molar-refractivity contribution < 1.29 is 23.8 Å². The molecule has 0 saturated heterocycles. The maximum atomic E-state index is 13.9. The fourth-order valence-electron chi connectivity index (χ4n) is 3.01. The molecule has 0 aromatic heterocycles. The molecule has 0 heterocycles. The van der Waals surface area contributed by atoms with Crippen molar-refractivity contribution >= 4 is 11.9 Å². The molecule has 26 heavy (non-hydrogen) atoms. The Kier molecular flexibility index (Phi) is 5.21. The second kappa shape index (κ2) is 7.56. The molecule has 1 fully saturated rings. The monoisotopic (exact) mass is 357 g/mol. The first-order valence-corrected chi connectivity index (χ1v) is 8.46. The maximum absolute atomic E-state index is 13.9. The molecule has 1 saturated carbocycles. The molecule has 1 amide bonds. The summed E-state index contributed by atoms with van der Waals surface area (Å²) in [6.07, 6.45) is 3.55. The number of hydrogen-bond acceptors (Lipinski definition) is 3. The first kappa shape index (κ1) is 17.9. The molecule has 6 heteroatoms. The van der Waals surface area contributed by atoms with Crippen molar-refractivity contribution in [1.82, 2.24) is 5.32 Å². The Morgan fingerprint density at radius 1 is 1.19 bits per heavy atom. The van der Waals surface area contributed by atoms with Gasteiger partial charge in [-0.25, -0.2) is 9.18 Å². The van der Waals surface area contributed by atoms with Gasteiger partial charge in [0.1, 0.15) is 0 Å². The smallest absolute Gasteiger partial charge is 0.330 e. The first-order valence-electron chi connectivity index (χ1n) is 8.46. The van der Waals surface area contributed by atoms with E-state index in [1.165, 1.54) is 31.2 Å². The number of carbonyl (C=O) groups is 2. The summed E-state index contributed by atoms with van der Waals surface area (Å²) < 4.78 is 18.7. The summed E-state index contributed by atoms with van der Waals surface area (Å²) in [6, 6.07) is 9.64. The van der Waals surface area contributed by atoms with Crippen LogP contribution in [0.4, 0.5) is 4.39 Å². The zero-order valence-corrected chi connectivity index (χ0v) is 14.4. The number of benzene rings is 2. The van der Waals surface area contributed by atoms with E-state index in [-0.39, 0.29) is 11.3 Å². The molecule has 1 unspecified atom stereocenters. The fourth-order valence-corrected chi connectivity index (χ4v) is 3.01. The van der Waals surface area contributed by atoms with Crippen LogP contribution in [-0.2, 0) is 4.79 Å². The van der Waals surface area contributed by atoms with Gasteiger partial charge in [0.2, 0.25) is 0 Å². The molecule has 2 N–H and O–H groups in total. The van der Waals surface area contributed by atoms with Crippen molar-refractivity contribution in [2.75, 3.05) is 7.11 Å². The van der Waals surface area contributed by atoms with Gasteiger partial charge in [0, 0.05) is 5.56 Å². The van der Waals surface area contributed by atoms with E-state index in [1.54, 1.807) is 12.1 Å². The molecule has 1 atom stereocenters. The summed E-state index contributed by atoms with van der Waals surface area (Å²) in [5.74, 6) is -1.91. The predicted octanol–water partition coefficient (Wildman–Crippen LogP) is 3.66. The molecule has 2 aromatic carbocycles. The second-order valence-corrected chi connectivity index (χ2v) is 6.39. The Morgan fingerprint density at radius 2 is 1.88 bits per heavy atom. The van der Waals surface area contributed by atoms with E-state index >= 15 is 0 Å². The van der Waals surface area contributed by atoms with Crippen molar-refractivity contribution in [3.8, 4) is 5.75 Å². The van der Waals surface area contributed by atoms with Crippen LogP contribution in [0.3, 0.4) is 0 Å². The average molecular weight is 357 g/mol. The van der Waals surface area contributed by atoms with Crippen molar-refractivity contribution in [3.05, 3.63) is 65.0 Å². The first-order chi connectivity index (χ1) is 12.5. The van der Waals surface area contributed by atoms with Crippen LogP contribution in [0.5, 0.6) is 5.75 Å². The summed E-state index contributed by atoms with van der Waals surface area (Å²) in [4.78, 5) is 24.0. The van der Waals surface area contributed by atoms with Crippen LogP contribution in [0.2, 0.25) is 0 Å². The summed E-state index contributed by atoms with van der Waals surface area (Å²) in [7, 11) is 1.32. The highest BCUT2D eigenvalue weighted by Gasteiger charge is 2.24. The number of carboxylic acids is 1. The third-order valence-electron chi connectivity index (χ3n) is 4.78. The van der Waals surface area contributed by atoms with Crippen LogP contribution in [0.25, 0.3) is 0 Å². The van der Waals surface area contributed by atoms with E-state index in [0.29, 0.717) is 11.5 Å². The van der Waals surface area contributed by atoms with Gasteiger partial charge in [-0.3, -0.25) is 4.79 Å². The van der Waals surface area contributed by atoms with Crippen LogP contribution in [0.15, 0.2) is 42.5 Å². The number of rotatable bonds is 6. The molecule has 0 bridgehead atoms. The number of aliphatic carboxylic acids is 1. The molecule has 0 radical (unpaired) electrons. The van der Waals surface area contributed by atoms with Crippen LogP contribution >= 0.6 is 0 Å². The van der Waals surface area contributed by atoms with Gasteiger partial charge in [-0.1, -0.05) is 24.6 Å². The van der Waals surface area contributed by atoms with Crippen molar-refractivity contribution in [2.45, 2.75) is 31.2 Å². The van der Waals surface area contributed by atoms with Gasteiger partial charge in [0.15, 0.2) is 17.6 Å². The minimum atomic E-state index is -1.35. The standard InChI is InChI=1S/C20H20FNO4/c1-26-17-10-9-15(11-16(17)21)18(20(24)25)22-19(23)14-7-5-13(6-8-14)12-3-2-4-12/h5-12,18H,2-4H2,1H3,(H,22,23)(H,24,25). The van der Waals surface area contributed by atoms with Gasteiger partial charge in [0.25, 0.3) is 5.91 Å². The highest BCUT2D eigenvalue weighted by atomic mass is 19.1. The lowest BCUT2D eigenvalue weighted by Gasteiger charge is -2.25. The number of hydrogen-bond donors (Lipinski definition) is 2. The van der Waals surface area contributed by atoms with Gasteiger partial charge in [-0.2, -0.15) is 0 Å². The summed E-state index contributed by atoms with van der Waals surface area (Å²) >= 11 is 0. The lowest BCUT2D eigenvalue weighted by atomic mass is 9.80. The molecule has 0 spiro atoms. The molecule has 0 aliphatic heterocycles. The molecule has 136 valence electrons. The lowest BCUT2D eigenvalue weighted by molar-refractivity contribution is -0.139. The number of carboxylic acid groups (broad SMARTS) is 1. The van der Waals surface area contributed by atoms with E-state index in [9.17, 15) is 19.1 Å². The van der Waals surface area contributed by atoms with Crippen LogP contribution < -0.4 is 10.1 Å². The van der Waals surface area contributed by atoms with Crippen LogP contribution in [0, 0.1) is 5.82 Å². The van der Waals surface area contributed by atoms with E-state index in [4.69, 9.17) is 4.74 Å². The summed E-state index contributed by atoms with van der Waals surface area (Å²) in [5.41, 5.74) is 1.70. The minimum Gasteiger partial charge on any atom is -0.494 e. The van der Waals surface area contributed by atoms with E-state index in [2.05, 4.69) is 5.32 Å². The zero-order chi connectivity index (χ0) is 18.7. The van der Waals surface area contributed by atoms with Crippen LogP contribution in [0.1, 0.15) is 52.7 Å². The zero-order valence-electron chi connectivity index (χ0n) is 14.4. The van der Waals surface area contributed by atoms with Crippen LogP contribution in [-0.4, -0.2) is 24.1 Å². The van der Waals surface area contributed by atoms with Crippen molar-refractivity contribution in [2.24, 2.45) is 0 Å². The van der Waals surface area contributed by atoms with Gasteiger partial charge in [-0.15, -0.1) is 0 Å². The summed E-state index contributed by atoms with van der Waals surface area (Å²) in [5, 5.41) is 11.9. The fraction of sp³-hybridized carbons (Fsp3) is 0.300.